The number of carbonyl (C=O) groups excluding carboxylic acids is 1. The molecule has 1 aromatic rings. The van der Waals surface area contributed by atoms with Crippen molar-refractivity contribution in [3.8, 4) is 6.07 Å². The molecule has 0 bridgehead atoms. The molecule has 4 nitrogen and oxygen atoms in total. The van der Waals surface area contributed by atoms with E-state index in [0.717, 1.165) is 6.42 Å². The van der Waals surface area contributed by atoms with E-state index in [0.29, 0.717) is 12.2 Å². The summed E-state index contributed by atoms with van der Waals surface area (Å²) in [6.45, 7) is 1.93. The summed E-state index contributed by atoms with van der Waals surface area (Å²) in [5, 5.41) is 8.98. The zero-order chi connectivity index (χ0) is 11.3. The molecule has 1 amide bonds. The van der Waals surface area contributed by atoms with E-state index < -0.39 is 6.04 Å². The fourth-order valence-corrected chi connectivity index (χ4v) is 1.32. The minimum absolute atomic E-state index is 0.0412. The van der Waals surface area contributed by atoms with Crippen molar-refractivity contribution >= 4 is 5.91 Å². The fraction of sp³-hybridized carbons (Fsp3) is 0.455. The van der Waals surface area contributed by atoms with Crippen LogP contribution in [0.5, 0.6) is 0 Å². The highest BCUT2D eigenvalue weighted by molar-refractivity contribution is 5.76. The summed E-state index contributed by atoms with van der Waals surface area (Å²) in [5.74, 6) is 0.463. The van der Waals surface area contributed by atoms with Crippen LogP contribution in [-0.2, 0) is 4.79 Å². The Labute approximate surface area is 89.1 Å². The van der Waals surface area contributed by atoms with E-state index in [1.54, 1.807) is 19.2 Å². The normalized spacial score (nSPS) is 11.8. The number of nitriles is 1. The molecule has 0 aliphatic heterocycles. The van der Waals surface area contributed by atoms with Crippen LogP contribution in [0, 0.1) is 11.3 Å². The summed E-state index contributed by atoms with van der Waals surface area (Å²) in [6, 6.07) is 4.83. The van der Waals surface area contributed by atoms with Gasteiger partial charge in [-0.3, -0.25) is 4.79 Å². The smallest absolute Gasteiger partial charge is 0.223 e. The molecular formula is C11H14N2O2. The second-order valence-electron chi connectivity index (χ2n) is 3.30. The van der Waals surface area contributed by atoms with Gasteiger partial charge in [-0.05, 0) is 18.6 Å². The average molecular weight is 206 g/mol. The summed E-state index contributed by atoms with van der Waals surface area (Å²) in [4.78, 5) is 13.0. The van der Waals surface area contributed by atoms with Crippen molar-refractivity contribution in [2.24, 2.45) is 0 Å². The Balaban J connectivity index is 2.76. The maximum Gasteiger partial charge on any atom is 0.223 e. The molecule has 0 aliphatic carbocycles. The Bertz CT molecular complexity index is 351. The third-order valence-corrected chi connectivity index (χ3v) is 2.18. The van der Waals surface area contributed by atoms with Crippen LogP contribution in [0.3, 0.4) is 0 Å². The van der Waals surface area contributed by atoms with Gasteiger partial charge < -0.3 is 9.32 Å². The Morgan fingerprint density at radius 3 is 2.93 bits per heavy atom. The van der Waals surface area contributed by atoms with Crippen LogP contribution >= 0.6 is 0 Å². The summed E-state index contributed by atoms with van der Waals surface area (Å²) in [6.07, 6.45) is 2.73. The highest BCUT2D eigenvalue weighted by Crippen LogP contribution is 2.19. The van der Waals surface area contributed by atoms with Crippen molar-refractivity contribution in [1.82, 2.24) is 4.90 Å². The topological polar surface area (TPSA) is 57.2 Å². The van der Waals surface area contributed by atoms with Crippen LogP contribution in [0.2, 0.25) is 0 Å². The van der Waals surface area contributed by atoms with Crippen molar-refractivity contribution in [2.75, 3.05) is 7.05 Å². The van der Waals surface area contributed by atoms with Gasteiger partial charge in [-0.2, -0.15) is 5.26 Å². The van der Waals surface area contributed by atoms with Gasteiger partial charge in [-0.1, -0.05) is 6.92 Å². The maximum absolute atomic E-state index is 11.6. The average Bonchev–Trinajstić information content (AvgIpc) is 2.72. The lowest BCUT2D eigenvalue weighted by Gasteiger charge is -2.20. The molecule has 1 aromatic heterocycles. The molecule has 0 N–H and O–H groups in total. The van der Waals surface area contributed by atoms with Gasteiger partial charge in [0.25, 0.3) is 0 Å². The number of hydrogen-bond acceptors (Lipinski definition) is 3. The van der Waals surface area contributed by atoms with Gasteiger partial charge >= 0.3 is 0 Å². The number of nitrogens with zero attached hydrogens (tertiary/aromatic N) is 2. The summed E-state index contributed by atoms with van der Waals surface area (Å²) in [5.41, 5.74) is 0. The van der Waals surface area contributed by atoms with Crippen LogP contribution in [0.25, 0.3) is 0 Å². The van der Waals surface area contributed by atoms with E-state index in [1.807, 2.05) is 6.92 Å². The molecule has 1 unspecified atom stereocenters. The van der Waals surface area contributed by atoms with Crippen LogP contribution in [0.1, 0.15) is 31.6 Å². The van der Waals surface area contributed by atoms with Crippen molar-refractivity contribution in [1.29, 1.82) is 5.26 Å². The second kappa shape index (κ2) is 5.20. The summed E-state index contributed by atoms with van der Waals surface area (Å²) >= 11 is 0. The lowest BCUT2D eigenvalue weighted by molar-refractivity contribution is -0.131. The van der Waals surface area contributed by atoms with E-state index in [2.05, 4.69) is 6.07 Å². The van der Waals surface area contributed by atoms with Gasteiger partial charge in [-0.15, -0.1) is 0 Å². The van der Waals surface area contributed by atoms with E-state index >= 15 is 0 Å². The third kappa shape index (κ3) is 2.59. The molecule has 0 saturated carbocycles. The SMILES string of the molecule is CCCC(=O)N(C)C(C#N)c1ccco1. The lowest BCUT2D eigenvalue weighted by Crippen LogP contribution is -2.29. The van der Waals surface area contributed by atoms with E-state index in [9.17, 15) is 4.79 Å². The first-order valence-electron chi connectivity index (χ1n) is 4.89. The molecule has 80 valence electrons. The quantitative estimate of drug-likeness (QED) is 0.758. The van der Waals surface area contributed by atoms with Crippen LogP contribution in [0.4, 0.5) is 0 Å². The highest BCUT2D eigenvalue weighted by atomic mass is 16.3. The molecule has 1 heterocycles. The number of rotatable bonds is 4. The minimum Gasteiger partial charge on any atom is -0.466 e. The zero-order valence-electron chi connectivity index (χ0n) is 8.93. The molecule has 15 heavy (non-hydrogen) atoms. The van der Waals surface area contributed by atoms with Crippen LogP contribution in [-0.4, -0.2) is 17.9 Å². The van der Waals surface area contributed by atoms with E-state index in [-0.39, 0.29) is 5.91 Å². The van der Waals surface area contributed by atoms with E-state index in [1.165, 1.54) is 11.2 Å². The Morgan fingerprint density at radius 1 is 1.73 bits per heavy atom. The standard InChI is InChI=1S/C11H14N2O2/c1-3-5-11(14)13(2)9(8-12)10-6-4-7-15-10/h4,6-7,9H,3,5H2,1-2H3. The Kier molecular flexibility index (Phi) is 3.92. The van der Waals surface area contributed by atoms with Gasteiger partial charge in [0.1, 0.15) is 5.76 Å². The predicted octanol–water partition coefficient (Wildman–Crippen LogP) is 2.10. The Morgan fingerprint density at radius 2 is 2.47 bits per heavy atom. The van der Waals surface area contributed by atoms with Crippen LogP contribution < -0.4 is 0 Å². The molecule has 1 atom stereocenters. The molecule has 4 heteroatoms. The molecule has 0 saturated heterocycles. The van der Waals surface area contributed by atoms with Crippen LogP contribution in [0.15, 0.2) is 22.8 Å². The predicted molar refractivity (Wildman–Crippen MR) is 54.7 cm³/mol. The molecule has 0 spiro atoms. The van der Waals surface area contributed by atoms with Gasteiger partial charge in [0.2, 0.25) is 5.91 Å². The molecule has 0 radical (unpaired) electrons. The van der Waals surface area contributed by atoms with Crippen molar-refractivity contribution < 1.29 is 9.21 Å². The van der Waals surface area contributed by atoms with Crippen molar-refractivity contribution in [3.05, 3.63) is 24.2 Å². The first-order chi connectivity index (χ1) is 7.20. The Hall–Kier alpha value is -1.76. The van der Waals surface area contributed by atoms with Gasteiger partial charge in [0.05, 0.1) is 12.3 Å². The minimum atomic E-state index is -0.626. The molecule has 0 aromatic carbocycles. The highest BCUT2D eigenvalue weighted by Gasteiger charge is 2.22. The van der Waals surface area contributed by atoms with Crippen molar-refractivity contribution in [2.45, 2.75) is 25.8 Å². The summed E-state index contributed by atoms with van der Waals surface area (Å²) < 4.78 is 5.12. The number of furan rings is 1. The zero-order valence-corrected chi connectivity index (χ0v) is 8.93. The largest absolute Gasteiger partial charge is 0.466 e. The van der Waals surface area contributed by atoms with Gasteiger partial charge in [0.15, 0.2) is 6.04 Å². The van der Waals surface area contributed by atoms with Gasteiger partial charge in [0, 0.05) is 13.5 Å². The van der Waals surface area contributed by atoms with Gasteiger partial charge in [-0.25, -0.2) is 0 Å². The first-order valence-corrected chi connectivity index (χ1v) is 4.89. The number of hydrogen-bond donors (Lipinski definition) is 0. The summed E-state index contributed by atoms with van der Waals surface area (Å²) in [7, 11) is 1.62. The molecule has 1 rings (SSSR count). The van der Waals surface area contributed by atoms with Crippen molar-refractivity contribution in [3.63, 3.8) is 0 Å². The molecule has 0 aliphatic rings. The van der Waals surface area contributed by atoms with E-state index in [4.69, 9.17) is 9.68 Å². The monoisotopic (exact) mass is 206 g/mol. The second-order valence-corrected chi connectivity index (χ2v) is 3.30. The fourth-order valence-electron chi connectivity index (χ4n) is 1.32. The third-order valence-electron chi connectivity index (χ3n) is 2.18. The molecule has 0 fully saturated rings. The number of amides is 1. The molecular weight excluding hydrogens is 192 g/mol. The number of carbonyl (C=O) groups is 1. The first kappa shape index (κ1) is 11.3. The maximum atomic E-state index is 11.6. The lowest BCUT2D eigenvalue weighted by atomic mass is 10.2.